The second-order valence-corrected chi connectivity index (χ2v) is 19.3. The summed E-state index contributed by atoms with van der Waals surface area (Å²) in [4.78, 5) is 53.9. The molecule has 10 nitrogen and oxygen atoms in total. The molecule has 1 aliphatic rings. The molecule has 0 aromatic carbocycles. The standard InChI is InChI=1S/C59H103NO9/c1-4-7-10-13-16-18-20-22-24-26-28-30-32-35-38-44-56(61)66-52-55(53-67-57(62)45-39-36-33-31-29-27-25-23-21-19-17-14-11-8-5-2)68-58(63)47-46-54(43-37-34-15-12-9-6-3)69-59(64)65-51-42-50-60-48-40-41-49-60/h16-19,22-25,54-55H,4-15,20-21,26-53H2,1-3H3/b18-16-,19-17-,24-22-,25-23-. The van der Waals surface area contributed by atoms with Crippen LogP contribution in [0.15, 0.2) is 48.6 Å². The van der Waals surface area contributed by atoms with E-state index in [9.17, 15) is 19.2 Å². The van der Waals surface area contributed by atoms with Crippen LogP contribution in [-0.2, 0) is 38.1 Å². The molecule has 1 atom stereocenters. The lowest BCUT2D eigenvalue weighted by atomic mass is 10.0. The molecule has 1 fully saturated rings. The van der Waals surface area contributed by atoms with Gasteiger partial charge in [0.05, 0.1) is 6.61 Å². The summed E-state index contributed by atoms with van der Waals surface area (Å²) in [6.07, 6.45) is 51.4. The molecule has 10 heteroatoms. The van der Waals surface area contributed by atoms with Crippen LogP contribution in [0.5, 0.6) is 0 Å². The Morgan fingerprint density at radius 3 is 1.36 bits per heavy atom. The molecule has 0 aromatic heterocycles. The second-order valence-electron chi connectivity index (χ2n) is 19.3. The Balaban J connectivity index is 2.59. The third-order valence-electron chi connectivity index (χ3n) is 12.7. The van der Waals surface area contributed by atoms with Crippen LogP contribution in [0.3, 0.4) is 0 Å². The molecule has 0 aliphatic carbocycles. The van der Waals surface area contributed by atoms with E-state index in [0.717, 1.165) is 135 Å². The van der Waals surface area contributed by atoms with Gasteiger partial charge in [-0.05, 0) is 129 Å². The topological polar surface area (TPSA) is 118 Å². The Kier molecular flexibility index (Phi) is 45.7. The first-order valence-electron chi connectivity index (χ1n) is 28.5. The van der Waals surface area contributed by atoms with E-state index in [4.69, 9.17) is 23.7 Å². The zero-order chi connectivity index (χ0) is 49.9. The summed E-state index contributed by atoms with van der Waals surface area (Å²) < 4.78 is 28.1. The van der Waals surface area contributed by atoms with Crippen molar-refractivity contribution in [1.82, 2.24) is 4.90 Å². The summed E-state index contributed by atoms with van der Waals surface area (Å²) in [7, 11) is 0. The van der Waals surface area contributed by atoms with Gasteiger partial charge in [0.1, 0.15) is 19.3 Å². The number of hydrogen-bond donors (Lipinski definition) is 0. The fourth-order valence-corrected chi connectivity index (χ4v) is 8.35. The van der Waals surface area contributed by atoms with Gasteiger partial charge in [0.15, 0.2) is 6.10 Å². The first-order valence-corrected chi connectivity index (χ1v) is 28.5. The van der Waals surface area contributed by atoms with E-state index >= 15 is 0 Å². The highest BCUT2D eigenvalue weighted by Crippen LogP contribution is 2.18. The highest BCUT2D eigenvalue weighted by atomic mass is 16.7. The number of ether oxygens (including phenoxy) is 5. The molecule has 0 spiro atoms. The number of unbranched alkanes of at least 4 members (excludes halogenated alkanes) is 21. The molecule has 0 radical (unpaired) electrons. The maximum Gasteiger partial charge on any atom is 0.508 e. The number of nitrogens with zero attached hydrogens (tertiary/aromatic N) is 1. The molecule has 69 heavy (non-hydrogen) atoms. The molecule has 0 saturated carbocycles. The van der Waals surface area contributed by atoms with Gasteiger partial charge in [0, 0.05) is 25.8 Å². The summed E-state index contributed by atoms with van der Waals surface area (Å²) in [5, 5.41) is 0. The van der Waals surface area contributed by atoms with Crippen molar-refractivity contribution in [2.75, 3.05) is 39.5 Å². The fourth-order valence-electron chi connectivity index (χ4n) is 8.35. The highest BCUT2D eigenvalue weighted by Gasteiger charge is 2.23. The van der Waals surface area contributed by atoms with Crippen molar-refractivity contribution >= 4 is 24.1 Å². The summed E-state index contributed by atoms with van der Waals surface area (Å²) in [6.45, 7) is 9.66. The number of rotatable bonds is 48. The van der Waals surface area contributed by atoms with Gasteiger partial charge >= 0.3 is 24.1 Å². The fraction of sp³-hybridized carbons (Fsp3) is 0.797. The van der Waals surface area contributed by atoms with Crippen molar-refractivity contribution in [3.05, 3.63) is 48.6 Å². The number of carbonyl (C=O) groups is 4. The van der Waals surface area contributed by atoms with Crippen LogP contribution in [0, 0.1) is 0 Å². The Morgan fingerprint density at radius 1 is 0.420 bits per heavy atom. The average molecular weight is 970 g/mol. The third kappa shape index (κ3) is 44.3. The minimum atomic E-state index is -0.932. The first-order chi connectivity index (χ1) is 33.9. The zero-order valence-corrected chi connectivity index (χ0v) is 44.6. The quantitative estimate of drug-likeness (QED) is 0.0252. The lowest BCUT2D eigenvalue weighted by Crippen LogP contribution is -2.31. The molecular formula is C59H103NO9. The van der Waals surface area contributed by atoms with Crippen LogP contribution in [0.4, 0.5) is 4.79 Å². The Bertz CT molecular complexity index is 1270. The van der Waals surface area contributed by atoms with Crippen molar-refractivity contribution in [2.24, 2.45) is 0 Å². The summed E-state index contributed by atoms with van der Waals surface area (Å²) in [6, 6.07) is 0. The summed E-state index contributed by atoms with van der Waals surface area (Å²) in [5.74, 6) is -1.24. The Morgan fingerprint density at radius 2 is 0.855 bits per heavy atom. The minimum absolute atomic E-state index is 0.000929. The Labute approximate surface area is 422 Å². The van der Waals surface area contributed by atoms with E-state index in [0.29, 0.717) is 13.0 Å². The predicted molar refractivity (Wildman–Crippen MR) is 284 cm³/mol. The number of carbonyl (C=O) groups excluding carboxylic acids is 4. The smallest absolute Gasteiger partial charge is 0.462 e. The van der Waals surface area contributed by atoms with Gasteiger partial charge in [-0.1, -0.05) is 166 Å². The van der Waals surface area contributed by atoms with Crippen LogP contribution >= 0.6 is 0 Å². The molecule has 0 bridgehead atoms. The van der Waals surface area contributed by atoms with Crippen molar-refractivity contribution in [3.63, 3.8) is 0 Å². The lowest BCUT2D eigenvalue weighted by molar-refractivity contribution is -0.167. The van der Waals surface area contributed by atoms with Crippen LogP contribution < -0.4 is 0 Å². The molecule has 1 heterocycles. The van der Waals surface area contributed by atoms with E-state index in [2.05, 4.69) is 74.3 Å². The van der Waals surface area contributed by atoms with Gasteiger partial charge in [0.25, 0.3) is 0 Å². The van der Waals surface area contributed by atoms with Crippen molar-refractivity contribution < 1.29 is 42.9 Å². The largest absolute Gasteiger partial charge is 0.508 e. The van der Waals surface area contributed by atoms with Gasteiger partial charge < -0.3 is 28.6 Å². The number of likely N-dealkylation sites (tertiary alicyclic amines) is 1. The minimum Gasteiger partial charge on any atom is -0.462 e. The van der Waals surface area contributed by atoms with Gasteiger partial charge in [-0.15, -0.1) is 0 Å². The third-order valence-corrected chi connectivity index (χ3v) is 12.7. The van der Waals surface area contributed by atoms with Gasteiger partial charge in [0.2, 0.25) is 0 Å². The maximum atomic E-state index is 13.3. The average Bonchev–Trinajstić information content (AvgIpc) is 3.87. The van der Waals surface area contributed by atoms with Crippen LogP contribution in [-0.4, -0.2) is 80.6 Å². The molecule has 1 rings (SSSR count). The van der Waals surface area contributed by atoms with E-state index in [1.165, 1.54) is 83.5 Å². The van der Waals surface area contributed by atoms with E-state index in [1.54, 1.807) is 0 Å². The normalized spacial score (nSPS) is 13.7. The van der Waals surface area contributed by atoms with Gasteiger partial charge in [-0.2, -0.15) is 0 Å². The van der Waals surface area contributed by atoms with Crippen molar-refractivity contribution in [1.29, 1.82) is 0 Å². The molecule has 0 amide bonds. The first kappa shape index (κ1) is 63.6. The molecule has 1 aliphatic heterocycles. The van der Waals surface area contributed by atoms with Gasteiger partial charge in [-0.25, -0.2) is 4.79 Å². The zero-order valence-electron chi connectivity index (χ0n) is 44.6. The predicted octanol–water partition coefficient (Wildman–Crippen LogP) is 16.2. The van der Waals surface area contributed by atoms with Crippen molar-refractivity contribution in [3.8, 4) is 0 Å². The van der Waals surface area contributed by atoms with Crippen molar-refractivity contribution in [2.45, 2.75) is 264 Å². The monoisotopic (exact) mass is 970 g/mol. The SMILES string of the molecule is CCCCC/C=C\C/C=C\CCCCCCCC(=O)OCC(COC(=O)CCCCCCC/C=C\C/C=C\CCCCC)OC(=O)CCC(CCCCCCCC)OC(=O)OCCCN1CCCC1. The second kappa shape index (κ2) is 49.6. The maximum absolute atomic E-state index is 13.3. The molecule has 0 aromatic rings. The molecule has 0 N–H and O–H groups in total. The molecule has 1 saturated heterocycles. The molecule has 398 valence electrons. The van der Waals surface area contributed by atoms with Crippen LogP contribution in [0.1, 0.15) is 252 Å². The lowest BCUT2D eigenvalue weighted by Gasteiger charge is -2.20. The summed E-state index contributed by atoms with van der Waals surface area (Å²) in [5.41, 5.74) is 0. The Hall–Kier alpha value is -3.40. The molecular weight excluding hydrogens is 867 g/mol. The van der Waals surface area contributed by atoms with Crippen LogP contribution in [0.2, 0.25) is 0 Å². The van der Waals surface area contributed by atoms with E-state index < -0.39 is 24.3 Å². The van der Waals surface area contributed by atoms with Crippen LogP contribution in [0.25, 0.3) is 0 Å². The van der Waals surface area contributed by atoms with E-state index in [-0.39, 0.29) is 50.8 Å². The number of hydrogen-bond acceptors (Lipinski definition) is 10. The number of esters is 3. The van der Waals surface area contributed by atoms with E-state index in [1.807, 2.05) is 0 Å². The highest BCUT2D eigenvalue weighted by molar-refractivity contribution is 5.71. The summed E-state index contributed by atoms with van der Waals surface area (Å²) >= 11 is 0. The molecule has 1 unspecified atom stereocenters. The van der Waals surface area contributed by atoms with Gasteiger partial charge in [-0.3, -0.25) is 14.4 Å². The number of allylic oxidation sites excluding steroid dienone is 8.